The predicted octanol–water partition coefficient (Wildman–Crippen LogP) is 0.543. The highest BCUT2D eigenvalue weighted by molar-refractivity contribution is 5.78. The van der Waals surface area contributed by atoms with Crippen LogP contribution in [-0.2, 0) is 11.3 Å². The van der Waals surface area contributed by atoms with Gasteiger partial charge in [0.15, 0.2) is 0 Å². The zero-order valence-electron chi connectivity index (χ0n) is 9.28. The molecule has 1 aliphatic rings. The number of nitrogens with zero attached hydrogens (tertiary/aromatic N) is 1. The van der Waals surface area contributed by atoms with E-state index in [9.17, 15) is 4.79 Å². The van der Waals surface area contributed by atoms with Gasteiger partial charge in [0, 0.05) is 18.2 Å². The Labute approximate surface area is 94.8 Å². The Balaban J connectivity index is 1.79. The zero-order valence-corrected chi connectivity index (χ0v) is 9.28. The van der Waals surface area contributed by atoms with Crippen molar-refractivity contribution in [2.75, 3.05) is 0 Å². The molecule has 0 spiro atoms. The molecule has 5 nitrogen and oxygen atoms in total. The molecule has 0 bridgehead atoms. The molecule has 2 atom stereocenters. The second kappa shape index (κ2) is 5.12. The number of H-pyrrole nitrogens is 1. The number of nitrogens with one attached hydrogen (secondary N) is 2. The third-order valence-corrected chi connectivity index (χ3v) is 3.09. The fourth-order valence-corrected chi connectivity index (χ4v) is 2.17. The van der Waals surface area contributed by atoms with Crippen molar-refractivity contribution in [1.82, 2.24) is 15.3 Å². The number of rotatable bonds is 3. The minimum Gasteiger partial charge on any atom is -0.350 e. The van der Waals surface area contributed by atoms with Crippen LogP contribution in [0.2, 0.25) is 0 Å². The molecule has 16 heavy (non-hydrogen) atoms. The van der Waals surface area contributed by atoms with Crippen LogP contribution < -0.4 is 11.1 Å². The second-order valence-corrected chi connectivity index (χ2v) is 4.42. The smallest absolute Gasteiger partial charge is 0.223 e. The Morgan fingerprint density at radius 1 is 1.62 bits per heavy atom. The fourth-order valence-electron chi connectivity index (χ4n) is 2.17. The first-order chi connectivity index (χ1) is 7.75. The second-order valence-electron chi connectivity index (χ2n) is 4.42. The number of aromatic nitrogens is 2. The van der Waals surface area contributed by atoms with Crippen molar-refractivity contribution in [2.24, 2.45) is 11.7 Å². The van der Waals surface area contributed by atoms with Crippen LogP contribution in [-0.4, -0.2) is 21.9 Å². The number of nitrogens with two attached hydrogens (primary N) is 1. The van der Waals surface area contributed by atoms with Gasteiger partial charge in [-0.15, -0.1) is 0 Å². The van der Waals surface area contributed by atoms with Crippen molar-refractivity contribution in [3.8, 4) is 0 Å². The number of aromatic amines is 1. The maximum Gasteiger partial charge on any atom is 0.223 e. The van der Waals surface area contributed by atoms with Gasteiger partial charge >= 0.3 is 0 Å². The molecule has 1 aromatic rings. The number of amides is 1. The molecule has 0 aliphatic heterocycles. The van der Waals surface area contributed by atoms with E-state index in [1.165, 1.54) is 0 Å². The first-order valence-electron chi connectivity index (χ1n) is 5.76. The maximum atomic E-state index is 11.8. The highest BCUT2D eigenvalue weighted by Crippen LogP contribution is 2.23. The lowest BCUT2D eigenvalue weighted by Gasteiger charge is -2.25. The Morgan fingerprint density at radius 2 is 2.50 bits per heavy atom. The Morgan fingerprint density at radius 3 is 3.19 bits per heavy atom. The molecular formula is C11H18N4O. The van der Waals surface area contributed by atoms with Crippen molar-refractivity contribution in [2.45, 2.75) is 38.3 Å². The summed E-state index contributed by atoms with van der Waals surface area (Å²) < 4.78 is 0. The molecule has 0 saturated heterocycles. The van der Waals surface area contributed by atoms with Crippen LogP contribution >= 0.6 is 0 Å². The van der Waals surface area contributed by atoms with Crippen molar-refractivity contribution >= 4 is 5.91 Å². The minimum atomic E-state index is 0.0895. The average molecular weight is 222 g/mol. The highest BCUT2D eigenvalue weighted by Gasteiger charge is 2.24. The van der Waals surface area contributed by atoms with E-state index in [-0.39, 0.29) is 17.9 Å². The van der Waals surface area contributed by atoms with Gasteiger partial charge in [-0.25, -0.2) is 4.98 Å². The van der Waals surface area contributed by atoms with Crippen LogP contribution in [0.3, 0.4) is 0 Å². The zero-order chi connectivity index (χ0) is 11.4. The number of carbonyl (C=O) groups is 1. The normalized spacial score (nSPS) is 25.3. The molecule has 0 aromatic carbocycles. The highest BCUT2D eigenvalue weighted by atomic mass is 16.1. The number of hydrogen-bond donors (Lipinski definition) is 3. The lowest BCUT2D eigenvalue weighted by molar-refractivity contribution is -0.126. The summed E-state index contributed by atoms with van der Waals surface area (Å²) in [6.45, 7) is 0.518. The van der Waals surface area contributed by atoms with E-state index in [4.69, 9.17) is 5.73 Å². The topological polar surface area (TPSA) is 83.8 Å². The molecule has 1 amide bonds. The van der Waals surface area contributed by atoms with Gasteiger partial charge in [0.1, 0.15) is 0 Å². The van der Waals surface area contributed by atoms with Crippen LogP contribution in [0.1, 0.15) is 31.4 Å². The molecule has 88 valence electrons. The molecule has 4 N–H and O–H groups in total. The summed E-state index contributed by atoms with van der Waals surface area (Å²) in [7, 11) is 0. The van der Waals surface area contributed by atoms with Gasteiger partial charge in [0.25, 0.3) is 0 Å². The first kappa shape index (κ1) is 11.1. The molecule has 0 radical (unpaired) electrons. The third kappa shape index (κ3) is 2.82. The number of hydrogen-bond acceptors (Lipinski definition) is 3. The first-order valence-corrected chi connectivity index (χ1v) is 5.76. The van der Waals surface area contributed by atoms with Crippen LogP contribution in [0.15, 0.2) is 12.5 Å². The van der Waals surface area contributed by atoms with E-state index in [0.717, 1.165) is 31.4 Å². The Hall–Kier alpha value is -1.36. The number of imidazole rings is 1. The Bertz CT molecular complexity index is 336. The average Bonchev–Trinajstić information content (AvgIpc) is 2.78. The number of carbonyl (C=O) groups excluding carboxylic acids is 1. The van der Waals surface area contributed by atoms with Gasteiger partial charge in [-0.3, -0.25) is 4.79 Å². The molecule has 1 aromatic heterocycles. The summed E-state index contributed by atoms with van der Waals surface area (Å²) >= 11 is 0. The van der Waals surface area contributed by atoms with Gasteiger partial charge in [0.2, 0.25) is 5.91 Å². The summed E-state index contributed by atoms with van der Waals surface area (Å²) in [5, 5.41) is 2.91. The van der Waals surface area contributed by atoms with Gasteiger partial charge in [-0.1, -0.05) is 6.42 Å². The molecule has 1 fully saturated rings. The molecule has 2 unspecified atom stereocenters. The SMILES string of the molecule is NC1CCCC(C(=O)NCc2cnc[nH]2)C1. The van der Waals surface area contributed by atoms with Gasteiger partial charge < -0.3 is 16.0 Å². The summed E-state index contributed by atoms with van der Waals surface area (Å²) in [5.41, 5.74) is 6.78. The van der Waals surface area contributed by atoms with Crippen molar-refractivity contribution < 1.29 is 4.79 Å². The maximum absolute atomic E-state index is 11.8. The summed E-state index contributed by atoms with van der Waals surface area (Å²) in [5.74, 6) is 0.205. The van der Waals surface area contributed by atoms with E-state index in [0.29, 0.717) is 6.54 Å². The van der Waals surface area contributed by atoms with E-state index in [1.54, 1.807) is 12.5 Å². The largest absolute Gasteiger partial charge is 0.350 e. The molecule has 1 heterocycles. The summed E-state index contributed by atoms with van der Waals surface area (Å²) in [4.78, 5) is 18.7. The molecule has 1 aliphatic carbocycles. The molecule has 5 heteroatoms. The van der Waals surface area contributed by atoms with Gasteiger partial charge in [0.05, 0.1) is 18.6 Å². The predicted molar refractivity (Wildman–Crippen MR) is 60.4 cm³/mol. The molecule has 1 saturated carbocycles. The quantitative estimate of drug-likeness (QED) is 0.698. The summed E-state index contributed by atoms with van der Waals surface area (Å²) in [6.07, 6.45) is 7.20. The van der Waals surface area contributed by atoms with Crippen molar-refractivity contribution in [3.05, 3.63) is 18.2 Å². The van der Waals surface area contributed by atoms with Crippen molar-refractivity contribution in [1.29, 1.82) is 0 Å². The summed E-state index contributed by atoms with van der Waals surface area (Å²) in [6, 6.07) is 0.191. The standard InChI is InChI=1S/C11H18N4O/c12-9-3-1-2-8(4-9)11(16)14-6-10-5-13-7-15-10/h5,7-9H,1-4,6,12H2,(H,13,15)(H,14,16). The van der Waals surface area contributed by atoms with Crippen LogP contribution in [0, 0.1) is 5.92 Å². The molecule has 2 rings (SSSR count). The van der Waals surface area contributed by atoms with Crippen LogP contribution in [0.4, 0.5) is 0 Å². The van der Waals surface area contributed by atoms with E-state index in [2.05, 4.69) is 15.3 Å². The minimum absolute atomic E-state index is 0.0895. The lowest BCUT2D eigenvalue weighted by Crippen LogP contribution is -2.37. The van der Waals surface area contributed by atoms with Crippen LogP contribution in [0.25, 0.3) is 0 Å². The fraction of sp³-hybridized carbons (Fsp3) is 0.636. The van der Waals surface area contributed by atoms with E-state index in [1.807, 2.05) is 0 Å². The Kier molecular flexibility index (Phi) is 3.56. The molecular weight excluding hydrogens is 204 g/mol. The van der Waals surface area contributed by atoms with Gasteiger partial charge in [-0.05, 0) is 19.3 Å². The monoisotopic (exact) mass is 222 g/mol. The van der Waals surface area contributed by atoms with E-state index < -0.39 is 0 Å². The van der Waals surface area contributed by atoms with Crippen LogP contribution in [0.5, 0.6) is 0 Å². The van der Waals surface area contributed by atoms with Gasteiger partial charge in [-0.2, -0.15) is 0 Å². The van der Waals surface area contributed by atoms with Crippen molar-refractivity contribution in [3.63, 3.8) is 0 Å². The third-order valence-electron chi connectivity index (χ3n) is 3.09. The van der Waals surface area contributed by atoms with E-state index >= 15 is 0 Å². The lowest BCUT2D eigenvalue weighted by atomic mass is 9.85.